The molecule has 1 amide bonds. The molecule has 0 fully saturated rings. The fourth-order valence-electron chi connectivity index (χ4n) is 2.00. The van der Waals surface area contributed by atoms with Crippen molar-refractivity contribution < 1.29 is 9.90 Å². The molecule has 0 atom stereocenters. The van der Waals surface area contributed by atoms with Gasteiger partial charge in [-0.3, -0.25) is 9.89 Å². The molecule has 0 saturated heterocycles. The van der Waals surface area contributed by atoms with Crippen molar-refractivity contribution in [2.75, 3.05) is 0 Å². The summed E-state index contributed by atoms with van der Waals surface area (Å²) in [7, 11) is 0. The van der Waals surface area contributed by atoms with E-state index in [-0.39, 0.29) is 17.1 Å². The third kappa shape index (κ3) is 4.18. The first kappa shape index (κ1) is 16.7. The Morgan fingerprint density at radius 2 is 1.96 bits per heavy atom. The summed E-state index contributed by atoms with van der Waals surface area (Å²) >= 11 is 0. The number of aromatic hydroxyl groups is 1. The fourth-order valence-corrected chi connectivity index (χ4v) is 2.00. The zero-order valence-electron chi connectivity index (χ0n) is 13.8. The number of hydrogen-bond acceptors (Lipinski definition) is 4. The van der Waals surface area contributed by atoms with Crippen LogP contribution in [0.2, 0.25) is 0 Å². The van der Waals surface area contributed by atoms with Crippen LogP contribution in [0, 0.1) is 0 Å². The van der Waals surface area contributed by atoms with Crippen LogP contribution in [0.15, 0.2) is 35.4 Å². The molecule has 1 aromatic heterocycles. The molecule has 0 unspecified atom stereocenters. The number of phenolic OH excluding ortho intramolecular Hbond substituents is 1. The van der Waals surface area contributed by atoms with Crippen LogP contribution in [0.5, 0.6) is 5.75 Å². The van der Waals surface area contributed by atoms with E-state index in [1.54, 1.807) is 30.3 Å². The summed E-state index contributed by atoms with van der Waals surface area (Å²) in [5, 5.41) is 20.4. The summed E-state index contributed by atoms with van der Waals surface area (Å²) in [5.74, 6) is -0.166. The molecular weight excluding hydrogens is 292 g/mol. The maximum absolute atomic E-state index is 12.2. The van der Waals surface area contributed by atoms with Crippen molar-refractivity contribution in [1.82, 2.24) is 15.6 Å². The highest BCUT2D eigenvalue weighted by atomic mass is 16.3. The van der Waals surface area contributed by atoms with Gasteiger partial charge in [-0.25, -0.2) is 5.43 Å². The van der Waals surface area contributed by atoms with E-state index in [1.807, 2.05) is 27.7 Å². The highest BCUT2D eigenvalue weighted by Gasteiger charge is 2.19. The Labute approximate surface area is 135 Å². The molecule has 122 valence electrons. The predicted octanol–water partition coefficient (Wildman–Crippen LogP) is 2.96. The lowest BCUT2D eigenvalue weighted by molar-refractivity contribution is 0.0950. The first-order valence-electron chi connectivity index (χ1n) is 7.53. The topological polar surface area (TPSA) is 90.4 Å². The maximum Gasteiger partial charge on any atom is 0.291 e. The Balaban J connectivity index is 2.12. The zero-order chi connectivity index (χ0) is 17.0. The number of carbonyl (C=O) groups is 1. The number of nitrogens with zero attached hydrogens (tertiary/aromatic N) is 2. The molecular formula is C17H22N4O2. The van der Waals surface area contributed by atoms with Gasteiger partial charge in [0.1, 0.15) is 5.75 Å². The van der Waals surface area contributed by atoms with Gasteiger partial charge in [-0.15, -0.1) is 0 Å². The number of aromatic nitrogens is 2. The van der Waals surface area contributed by atoms with Crippen LogP contribution in [0.1, 0.15) is 55.9 Å². The van der Waals surface area contributed by atoms with Gasteiger partial charge in [-0.2, -0.15) is 10.2 Å². The molecule has 6 nitrogen and oxygen atoms in total. The van der Waals surface area contributed by atoms with Crippen molar-refractivity contribution in [3.05, 3.63) is 47.3 Å². The van der Waals surface area contributed by atoms with Crippen molar-refractivity contribution in [3.8, 4) is 5.75 Å². The monoisotopic (exact) mass is 314 g/mol. The van der Waals surface area contributed by atoms with Crippen LogP contribution in [-0.2, 0) is 5.41 Å². The van der Waals surface area contributed by atoms with E-state index in [9.17, 15) is 9.90 Å². The number of hydrogen-bond donors (Lipinski definition) is 3. The fraction of sp³-hybridized carbons (Fsp3) is 0.353. The van der Waals surface area contributed by atoms with Gasteiger partial charge in [0.2, 0.25) is 0 Å². The molecule has 0 saturated carbocycles. The second-order valence-corrected chi connectivity index (χ2v) is 6.32. The molecule has 0 bridgehead atoms. The first-order valence-corrected chi connectivity index (χ1v) is 7.53. The zero-order valence-corrected chi connectivity index (χ0v) is 13.8. The first-order chi connectivity index (χ1) is 10.8. The molecule has 1 aromatic carbocycles. The van der Waals surface area contributed by atoms with Gasteiger partial charge in [-0.1, -0.05) is 27.7 Å². The van der Waals surface area contributed by atoms with E-state index >= 15 is 0 Å². The van der Waals surface area contributed by atoms with Gasteiger partial charge < -0.3 is 5.11 Å². The lowest BCUT2D eigenvalue weighted by Crippen LogP contribution is -2.20. The SMILES string of the molecule is CC/C(=N\NC(=O)c1cc(C(C)(C)C)[nH]n1)c1ccc(O)cc1. The third-order valence-corrected chi connectivity index (χ3v) is 3.45. The number of benzene rings is 1. The number of rotatable bonds is 4. The minimum absolute atomic E-state index is 0.102. The number of H-pyrrole nitrogens is 1. The summed E-state index contributed by atoms with van der Waals surface area (Å²) in [6.07, 6.45) is 0.652. The molecule has 23 heavy (non-hydrogen) atoms. The summed E-state index contributed by atoms with van der Waals surface area (Å²) in [6.45, 7) is 8.07. The Morgan fingerprint density at radius 3 is 2.48 bits per heavy atom. The number of aromatic amines is 1. The Bertz CT molecular complexity index is 709. The Morgan fingerprint density at radius 1 is 1.30 bits per heavy atom. The molecule has 1 heterocycles. The molecule has 0 aliphatic heterocycles. The molecule has 0 aliphatic rings. The summed E-state index contributed by atoms with van der Waals surface area (Å²) in [4.78, 5) is 12.2. The molecule has 0 spiro atoms. The smallest absolute Gasteiger partial charge is 0.291 e. The predicted molar refractivity (Wildman–Crippen MR) is 89.7 cm³/mol. The highest BCUT2D eigenvalue weighted by molar-refractivity contribution is 6.01. The van der Waals surface area contributed by atoms with Gasteiger partial charge in [-0.05, 0) is 42.3 Å². The number of hydrazone groups is 1. The summed E-state index contributed by atoms with van der Waals surface area (Å²) in [5.41, 5.74) is 5.20. The van der Waals surface area contributed by atoms with Crippen molar-refractivity contribution in [1.29, 1.82) is 0 Å². The van der Waals surface area contributed by atoms with E-state index in [1.165, 1.54) is 0 Å². The molecule has 0 radical (unpaired) electrons. The average molecular weight is 314 g/mol. The van der Waals surface area contributed by atoms with Crippen molar-refractivity contribution in [2.24, 2.45) is 5.10 Å². The molecule has 6 heteroatoms. The van der Waals surface area contributed by atoms with Gasteiger partial charge in [0, 0.05) is 11.1 Å². The summed E-state index contributed by atoms with van der Waals surface area (Å²) < 4.78 is 0. The number of carbonyl (C=O) groups excluding carboxylic acids is 1. The van der Waals surface area contributed by atoms with Crippen molar-refractivity contribution in [3.63, 3.8) is 0 Å². The normalized spacial score (nSPS) is 12.3. The van der Waals surface area contributed by atoms with Crippen LogP contribution in [0.25, 0.3) is 0 Å². The number of nitrogens with one attached hydrogen (secondary N) is 2. The maximum atomic E-state index is 12.2. The average Bonchev–Trinajstić information content (AvgIpc) is 2.99. The highest BCUT2D eigenvalue weighted by Crippen LogP contribution is 2.20. The van der Waals surface area contributed by atoms with E-state index in [4.69, 9.17) is 0 Å². The minimum Gasteiger partial charge on any atom is -0.508 e. The summed E-state index contributed by atoms with van der Waals surface area (Å²) in [6, 6.07) is 8.43. The minimum atomic E-state index is -0.360. The molecule has 2 rings (SSSR count). The van der Waals surface area contributed by atoms with Crippen LogP contribution in [-0.4, -0.2) is 26.9 Å². The number of amides is 1. The molecule has 2 aromatic rings. The van der Waals surface area contributed by atoms with Crippen molar-refractivity contribution >= 4 is 11.6 Å². The number of phenols is 1. The van der Waals surface area contributed by atoms with Crippen LogP contribution in [0.3, 0.4) is 0 Å². The van der Waals surface area contributed by atoms with Crippen LogP contribution in [0.4, 0.5) is 0 Å². The second-order valence-electron chi connectivity index (χ2n) is 6.32. The Kier molecular flexibility index (Phi) is 4.83. The van der Waals surface area contributed by atoms with E-state index in [0.29, 0.717) is 12.1 Å². The van der Waals surface area contributed by atoms with E-state index in [0.717, 1.165) is 17.0 Å². The Hall–Kier alpha value is -2.63. The van der Waals surface area contributed by atoms with E-state index in [2.05, 4.69) is 20.7 Å². The van der Waals surface area contributed by atoms with Gasteiger partial charge in [0.15, 0.2) is 5.69 Å². The third-order valence-electron chi connectivity index (χ3n) is 3.45. The van der Waals surface area contributed by atoms with Gasteiger partial charge in [0.05, 0.1) is 5.71 Å². The molecule has 0 aliphatic carbocycles. The quantitative estimate of drug-likeness (QED) is 0.598. The standard InChI is InChI=1S/C17H22N4O2/c1-5-13(11-6-8-12(22)9-7-11)18-21-16(23)14-10-15(20-19-14)17(2,3)4/h6-10,22H,5H2,1-4H3,(H,19,20)(H,21,23)/b18-13+. The second kappa shape index (κ2) is 6.64. The molecule has 3 N–H and O–H groups in total. The lowest BCUT2D eigenvalue weighted by atomic mass is 9.92. The van der Waals surface area contributed by atoms with Crippen LogP contribution >= 0.6 is 0 Å². The van der Waals surface area contributed by atoms with Gasteiger partial charge >= 0.3 is 0 Å². The van der Waals surface area contributed by atoms with E-state index < -0.39 is 0 Å². The largest absolute Gasteiger partial charge is 0.508 e. The van der Waals surface area contributed by atoms with Crippen LogP contribution < -0.4 is 5.43 Å². The van der Waals surface area contributed by atoms with Crippen molar-refractivity contribution in [2.45, 2.75) is 39.5 Å². The van der Waals surface area contributed by atoms with Gasteiger partial charge in [0.25, 0.3) is 5.91 Å². The lowest BCUT2D eigenvalue weighted by Gasteiger charge is -2.14.